The monoisotopic (exact) mass is 602 g/mol. The Morgan fingerprint density at radius 2 is 2.03 bits per heavy atom. The van der Waals surface area contributed by atoms with Crippen molar-refractivity contribution in [2.75, 3.05) is 6.61 Å². The lowest BCUT2D eigenvalue weighted by Gasteiger charge is -2.23. The van der Waals surface area contributed by atoms with Crippen molar-refractivity contribution < 1.29 is 13.9 Å². The van der Waals surface area contributed by atoms with Gasteiger partial charge in [-0.2, -0.15) is 0 Å². The Labute approximate surface area is 216 Å². The average molecular weight is 602 g/mol. The van der Waals surface area contributed by atoms with Gasteiger partial charge in [-0.1, -0.05) is 29.5 Å². The molecule has 4 heterocycles. The second-order valence-electron chi connectivity index (χ2n) is 7.53. The quantitative estimate of drug-likeness (QED) is 0.245. The molecule has 6 nitrogen and oxygen atoms in total. The fourth-order valence-corrected chi connectivity index (χ4v) is 6.05. The summed E-state index contributed by atoms with van der Waals surface area (Å²) in [5, 5.41) is 1.93. The fourth-order valence-electron chi connectivity index (χ4n) is 3.84. The van der Waals surface area contributed by atoms with Crippen LogP contribution in [0.5, 0.6) is 0 Å². The van der Waals surface area contributed by atoms with Crippen LogP contribution in [0.15, 0.2) is 79.4 Å². The molecule has 172 valence electrons. The molecule has 5 rings (SSSR count). The van der Waals surface area contributed by atoms with Crippen LogP contribution in [0.3, 0.4) is 0 Å². The first-order valence-electron chi connectivity index (χ1n) is 10.5. The van der Waals surface area contributed by atoms with Crippen molar-refractivity contribution >= 4 is 57.3 Å². The smallest absolute Gasteiger partial charge is 0.338 e. The first kappa shape index (κ1) is 23.0. The van der Waals surface area contributed by atoms with E-state index in [1.165, 1.54) is 22.7 Å². The highest BCUT2D eigenvalue weighted by Gasteiger charge is 2.33. The number of nitrogens with zero attached hydrogens (tertiary/aromatic N) is 2. The number of fused-ring (bicyclic) bond motifs is 1. The fraction of sp³-hybridized carbons (Fsp3) is 0.160. The van der Waals surface area contributed by atoms with Crippen molar-refractivity contribution in [3.63, 3.8) is 0 Å². The molecule has 9 heteroatoms. The molecule has 0 bridgehead atoms. The van der Waals surface area contributed by atoms with Crippen LogP contribution in [-0.4, -0.2) is 17.1 Å². The number of carbonyl (C=O) groups is 1. The second-order valence-corrected chi connectivity index (χ2v) is 10.8. The van der Waals surface area contributed by atoms with Gasteiger partial charge in [-0.15, -0.1) is 11.3 Å². The zero-order chi connectivity index (χ0) is 23.8. The number of hydrogen-bond donors (Lipinski definition) is 0. The van der Waals surface area contributed by atoms with E-state index in [1.807, 2.05) is 53.9 Å². The number of benzene rings is 1. The van der Waals surface area contributed by atoms with E-state index in [2.05, 4.69) is 27.6 Å². The van der Waals surface area contributed by atoms with Crippen molar-refractivity contribution in [2.45, 2.75) is 19.9 Å². The van der Waals surface area contributed by atoms with Gasteiger partial charge in [0, 0.05) is 20.1 Å². The Morgan fingerprint density at radius 3 is 2.74 bits per heavy atom. The lowest BCUT2D eigenvalue weighted by Crippen LogP contribution is -2.39. The van der Waals surface area contributed by atoms with Gasteiger partial charge in [-0.05, 0) is 72.2 Å². The number of aromatic nitrogens is 1. The summed E-state index contributed by atoms with van der Waals surface area (Å²) >= 11 is 5.03. The Hall–Kier alpha value is -2.76. The summed E-state index contributed by atoms with van der Waals surface area (Å²) in [4.78, 5) is 32.4. The molecule has 4 aromatic rings. The van der Waals surface area contributed by atoms with E-state index < -0.39 is 12.0 Å². The third-order valence-corrected chi connectivity index (χ3v) is 7.99. The van der Waals surface area contributed by atoms with Crippen molar-refractivity contribution in [3.05, 3.63) is 99.1 Å². The SMILES string of the molecule is CCOC(=O)C1=C(C)N=c2s/c(=C\c3ccc(-c4ccc(I)cc4)o3)c(=O)n2[C@H]1c1cccs1. The number of rotatable bonds is 5. The molecule has 0 radical (unpaired) electrons. The summed E-state index contributed by atoms with van der Waals surface area (Å²) in [7, 11) is 0. The summed E-state index contributed by atoms with van der Waals surface area (Å²) in [6.45, 7) is 3.79. The van der Waals surface area contributed by atoms with Gasteiger partial charge in [-0.3, -0.25) is 9.36 Å². The van der Waals surface area contributed by atoms with Crippen molar-refractivity contribution in [3.8, 4) is 11.3 Å². The average Bonchev–Trinajstić information content (AvgIpc) is 3.56. The molecule has 0 aliphatic carbocycles. The molecular formula is C25H19IN2O4S2. The van der Waals surface area contributed by atoms with Crippen LogP contribution < -0.4 is 14.9 Å². The molecule has 1 aliphatic rings. The highest BCUT2D eigenvalue weighted by molar-refractivity contribution is 14.1. The number of thiophene rings is 1. The molecule has 3 aromatic heterocycles. The van der Waals surface area contributed by atoms with Gasteiger partial charge in [0.15, 0.2) is 4.80 Å². The molecule has 0 fully saturated rings. The van der Waals surface area contributed by atoms with E-state index in [0.717, 1.165) is 19.8 Å². The Balaban J connectivity index is 1.61. The molecule has 0 amide bonds. The summed E-state index contributed by atoms with van der Waals surface area (Å²) in [5.41, 5.74) is 1.70. The number of esters is 1. The van der Waals surface area contributed by atoms with Crippen molar-refractivity contribution in [2.24, 2.45) is 4.99 Å². The van der Waals surface area contributed by atoms with Gasteiger partial charge in [0.25, 0.3) is 5.56 Å². The van der Waals surface area contributed by atoms with E-state index >= 15 is 0 Å². The molecule has 0 unspecified atom stereocenters. The topological polar surface area (TPSA) is 73.8 Å². The number of ether oxygens (including phenoxy) is 1. The molecule has 1 aliphatic heterocycles. The second kappa shape index (κ2) is 9.47. The third-order valence-electron chi connectivity index (χ3n) is 5.36. The van der Waals surface area contributed by atoms with E-state index in [1.54, 1.807) is 24.5 Å². The molecular weight excluding hydrogens is 583 g/mol. The zero-order valence-corrected chi connectivity index (χ0v) is 22.1. The van der Waals surface area contributed by atoms with Crippen LogP contribution in [-0.2, 0) is 9.53 Å². The number of halogens is 1. The maximum atomic E-state index is 13.5. The zero-order valence-electron chi connectivity index (χ0n) is 18.3. The Kier molecular flexibility index (Phi) is 6.41. The highest BCUT2D eigenvalue weighted by atomic mass is 127. The molecule has 0 saturated carbocycles. The maximum absolute atomic E-state index is 13.5. The van der Waals surface area contributed by atoms with Crippen molar-refractivity contribution in [1.82, 2.24) is 4.57 Å². The highest BCUT2D eigenvalue weighted by Crippen LogP contribution is 2.33. The van der Waals surface area contributed by atoms with E-state index in [-0.39, 0.29) is 12.2 Å². The number of hydrogen-bond acceptors (Lipinski definition) is 7. The lowest BCUT2D eigenvalue weighted by molar-refractivity contribution is -0.139. The minimum atomic E-state index is -0.573. The predicted octanol–water partition coefficient (Wildman–Crippen LogP) is 4.72. The number of allylic oxidation sites excluding steroid dienone is 1. The van der Waals surface area contributed by atoms with Gasteiger partial charge in [0.05, 0.1) is 22.4 Å². The maximum Gasteiger partial charge on any atom is 0.338 e. The number of furan rings is 1. The minimum Gasteiger partial charge on any atom is -0.463 e. The van der Waals surface area contributed by atoms with Gasteiger partial charge >= 0.3 is 5.97 Å². The molecule has 0 spiro atoms. The van der Waals surface area contributed by atoms with E-state index in [0.29, 0.717) is 26.4 Å². The standard InChI is InChI=1S/C25H19IN2O4S2/c1-3-31-24(30)21-14(2)27-25-28(22(21)19-5-4-12-33-19)23(29)20(34-25)13-17-10-11-18(32-17)15-6-8-16(26)9-7-15/h4-13,22H,3H2,1-2H3/b20-13-/t22-/m0/s1. The molecule has 1 aromatic carbocycles. The molecule has 0 saturated heterocycles. The van der Waals surface area contributed by atoms with E-state index in [9.17, 15) is 9.59 Å². The van der Waals surface area contributed by atoms with Crippen molar-refractivity contribution in [1.29, 1.82) is 0 Å². The van der Waals surface area contributed by atoms with E-state index in [4.69, 9.17) is 9.15 Å². The minimum absolute atomic E-state index is 0.219. The van der Waals surface area contributed by atoms with Gasteiger partial charge in [0.1, 0.15) is 17.6 Å². The summed E-state index contributed by atoms with van der Waals surface area (Å²) in [6.07, 6.45) is 1.73. The van der Waals surface area contributed by atoms with Crippen LogP contribution in [0.25, 0.3) is 17.4 Å². The van der Waals surface area contributed by atoms with Crippen LogP contribution in [0, 0.1) is 3.57 Å². The van der Waals surface area contributed by atoms with Crippen LogP contribution in [0.2, 0.25) is 0 Å². The first-order valence-corrected chi connectivity index (χ1v) is 13.3. The normalized spacial score (nSPS) is 15.9. The first-order chi connectivity index (χ1) is 16.5. The van der Waals surface area contributed by atoms with Crippen LogP contribution in [0.1, 0.15) is 30.5 Å². The van der Waals surface area contributed by atoms with Gasteiger partial charge < -0.3 is 9.15 Å². The van der Waals surface area contributed by atoms with Gasteiger partial charge in [0.2, 0.25) is 0 Å². The summed E-state index contributed by atoms with van der Waals surface area (Å²) in [5.74, 6) is 0.852. The molecule has 1 atom stereocenters. The lowest BCUT2D eigenvalue weighted by atomic mass is 10.0. The molecule has 34 heavy (non-hydrogen) atoms. The summed E-state index contributed by atoms with van der Waals surface area (Å²) < 4.78 is 14.5. The largest absolute Gasteiger partial charge is 0.463 e. The van der Waals surface area contributed by atoms with Gasteiger partial charge in [-0.25, -0.2) is 9.79 Å². The van der Waals surface area contributed by atoms with Crippen LogP contribution >= 0.6 is 45.3 Å². The molecule has 0 N–H and O–H groups in total. The Bertz CT molecular complexity index is 1570. The summed E-state index contributed by atoms with van der Waals surface area (Å²) in [6, 6.07) is 15.0. The third kappa shape index (κ3) is 4.23. The Morgan fingerprint density at radius 1 is 1.24 bits per heavy atom. The number of carbonyl (C=O) groups excluding carboxylic acids is 1. The van der Waals surface area contributed by atoms with Crippen LogP contribution in [0.4, 0.5) is 0 Å². The number of thiazole rings is 1. The predicted molar refractivity (Wildman–Crippen MR) is 142 cm³/mol.